The lowest BCUT2D eigenvalue weighted by atomic mass is 9.93. The van der Waals surface area contributed by atoms with E-state index in [4.69, 9.17) is 11.6 Å². The zero-order valence-corrected chi connectivity index (χ0v) is 19.8. The maximum Gasteiger partial charge on any atom is 0.168 e. The molecule has 7 nitrogen and oxygen atoms in total. The van der Waals surface area contributed by atoms with Crippen molar-refractivity contribution < 1.29 is 4.79 Å². The van der Waals surface area contributed by atoms with Gasteiger partial charge in [-0.15, -0.1) is 5.10 Å². The number of nitrogens with two attached hydrogens (primary N) is 2. The summed E-state index contributed by atoms with van der Waals surface area (Å²) >= 11 is 0. The molecular formula is C28H30N6O. The molecule has 178 valence electrons. The van der Waals surface area contributed by atoms with Crippen LogP contribution in [0, 0.1) is 0 Å². The number of carbonyl (C=O) groups is 1. The van der Waals surface area contributed by atoms with Gasteiger partial charge in [-0.25, -0.2) is 16.4 Å². The van der Waals surface area contributed by atoms with Gasteiger partial charge in [-0.3, -0.25) is 4.79 Å². The van der Waals surface area contributed by atoms with Gasteiger partial charge in [-0.2, -0.15) is 0 Å². The fraction of sp³-hybridized carbons (Fsp3) is 0.179. The Hall–Kier alpha value is -4.23. The SMILES string of the molecule is CCCCc1ncc(C=O)n1Cc1ccc(-c2cc(-c3ccccc3)ccc2/C(N)=N/NN)cc1. The molecule has 4 rings (SSSR count). The van der Waals surface area contributed by atoms with E-state index < -0.39 is 0 Å². The Bertz CT molecular complexity index is 1310. The highest BCUT2D eigenvalue weighted by Gasteiger charge is 2.13. The maximum atomic E-state index is 11.5. The van der Waals surface area contributed by atoms with Crippen molar-refractivity contribution in [2.24, 2.45) is 16.7 Å². The highest BCUT2D eigenvalue weighted by Crippen LogP contribution is 2.30. The number of aldehydes is 1. The second-order valence-electron chi connectivity index (χ2n) is 8.36. The van der Waals surface area contributed by atoms with Crippen molar-refractivity contribution in [3.05, 3.63) is 102 Å². The van der Waals surface area contributed by atoms with E-state index >= 15 is 0 Å². The minimum atomic E-state index is 0.306. The van der Waals surface area contributed by atoms with Gasteiger partial charge in [0.15, 0.2) is 12.1 Å². The smallest absolute Gasteiger partial charge is 0.168 e. The number of aryl methyl sites for hydroxylation is 1. The molecule has 5 N–H and O–H groups in total. The van der Waals surface area contributed by atoms with Gasteiger partial charge in [0, 0.05) is 18.5 Å². The number of carbonyl (C=O) groups excluding carboxylic acids is 1. The highest BCUT2D eigenvalue weighted by molar-refractivity contribution is 6.04. The molecule has 0 saturated carbocycles. The van der Waals surface area contributed by atoms with Gasteiger partial charge in [0.2, 0.25) is 0 Å². The molecule has 35 heavy (non-hydrogen) atoms. The topological polar surface area (TPSA) is 111 Å². The fourth-order valence-electron chi connectivity index (χ4n) is 4.16. The van der Waals surface area contributed by atoms with Crippen LogP contribution < -0.4 is 17.1 Å². The summed E-state index contributed by atoms with van der Waals surface area (Å²) in [7, 11) is 0. The van der Waals surface area contributed by atoms with E-state index in [2.05, 4.69) is 65.0 Å². The quantitative estimate of drug-likeness (QED) is 0.105. The predicted octanol–water partition coefficient (Wildman–Crippen LogP) is 4.50. The van der Waals surface area contributed by atoms with Crippen molar-refractivity contribution in [3.8, 4) is 22.3 Å². The molecule has 1 aromatic heterocycles. The number of benzene rings is 3. The van der Waals surface area contributed by atoms with Gasteiger partial charge in [0.05, 0.1) is 6.20 Å². The first-order valence-electron chi connectivity index (χ1n) is 11.7. The number of nitrogens with one attached hydrogen (secondary N) is 1. The first kappa shape index (κ1) is 23.9. The number of unbranched alkanes of at least 4 members (excludes halogenated alkanes) is 1. The van der Waals surface area contributed by atoms with Crippen LogP contribution in [0.1, 0.15) is 47.2 Å². The van der Waals surface area contributed by atoms with Crippen molar-refractivity contribution in [3.63, 3.8) is 0 Å². The number of hydrogen-bond acceptors (Lipinski definition) is 5. The highest BCUT2D eigenvalue weighted by atomic mass is 16.1. The van der Waals surface area contributed by atoms with Crippen LogP contribution in [0.4, 0.5) is 0 Å². The van der Waals surface area contributed by atoms with Gasteiger partial charge < -0.3 is 10.3 Å². The summed E-state index contributed by atoms with van der Waals surface area (Å²) in [6.45, 7) is 2.74. The summed E-state index contributed by atoms with van der Waals surface area (Å²) in [4.78, 5) is 16.0. The molecular weight excluding hydrogens is 436 g/mol. The Morgan fingerprint density at radius 2 is 1.77 bits per heavy atom. The van der Waals surface area contributed by atoms with E-state index in [1.165, 1.54) is 0 Å². The lowest BCUT2D eigenvalue weighted by molar-refractivity contribution is 0.111. The van der Waals surface area contributed by atoms with Gasteiger partial charge in [0.1, 0.15) is 11.5 Å². The van der Waals surface area contributed by atoms with Crippen molar-refractivity contribution in [1.29, 1.82) is 0 Å². The summed E-state index contributed by atoms with van der Waals surface area (Å²) < 4.78 is 2.00. The average Bonchev–Trinajstić information content (AvgIpc) is 3.29. The monoisotopic (exact) mass is 466 g/mol. The van der Waals surface area contributed by atoms with Crippen molar-refractivity contribution in [2.45, 2.75) is 32.7 Å². The summed E-state index contributed by atoms with van der Waals surface area (Å²) in [5.74, 6) is 6.62. The van der Waals surface area contributed by atoms with E-state index in [0.717, 1.165) is 64.8 Å². The molecule has 0 aliphatic heterocycles. The number of amidine groups is 1. The maximum absolute atomic E-state index is 11.5. The summed E-state index contributed by atoms with van der Waals surface area (Å²) in [5, 5.41) is 3.98. The molecule has 0 atom stereocenters. The van der Waals surface area contributed by atoms with Crippen LogP contribution in [0.5, 0.6) is 0 Å². The molecule has 3 aromatic carbocycles. The second kappa shape index (κ2) is 11.3. The number of aromatic nitrogens is 2. The van der Waals surface area contributed by atoms with E-state index in [1.807, 2.05) is 34.9 Å². The Morgan fingerprint density at radius 3 is 2.46 bits per heavy atom. The molecule has 0 spiro atoms. The number of hydrogen-bond donors (Lipinski definition) is 3. The van der Waals surface area contributed by atoms with E-state index in [0.29, 0.717) is 18.1 Å². The van der Waals surface area contributed by atoms with Crippen molar-refractivity contribution in [1.82, 2.24) is 15.1 Å². The zero-order chi connectivity index (χ0) is 24.6. The first-order valence-corrected chi connectivity index (χ1v) is 11.7. The Morgan fingerprint density at radius 1 is 1.03 bits per heavy atom. The van der Waals surface area contributed by atoms with Crippen LogP contribution in [0.3, 0.4) is 0 Å². The van der Waals surface area contributed by atoms with Crippen LogP contribution in [0.25, 0.3) is 22.3 Å². The summed E-state index contributed by atoms with van der Waals surface area (Å²) in [6.07, 6.45) is 5.49. The predicted molar refractivity (Wildman–Crippen MR) is 141 cm³/mol. The third-order valence-corrected chi connectivity index (χ3v) is 6.04. The Kier molecular flexibility index (Phi) is 7.70. The largest absolute Gasteiger partial charge is 0.382 e. The Labute approximate surface area is 205 Å². The number of hydrazone groups is 1. The number of nitrogens with zero attached hydrogens (tertiary/aromatic N) is 3. The van der Waals surface area contributed by atoms with E-state index in [-0.39, 0.29) is 0 Å². The van der Waals surface area contributed by atoms with E-state index in [9.17, 15) is 4.79 Å². The van der Waals surface area contributed by atoms with Crippen LogP contribution in [-0.4, -0.2) is 21.7 Å². The summed E-state index contributed by atoms with van der Waals surface area (Å²) in [6, 6.07) is 24.6. The van der Waals surface area contributed by atoms with Crippen LogP contribution in [-0.2, 0) is 13.0 Å². The molecule has 0 unspecified atom stereocenters. The molecule has 4 aromatic rings. The third kappa shape index (κ3) is 5.47. The van der Waals surface area contributed by atoms with Crippen molar-refractivity contribution in [2.75, 3.05) is 0 Å². The third-order valence-electron chi connectivity index (χ3n) is 6.04. The molecule has 0 aliphatic rings. The second-order valence-corrected chi connectivity index (χ2v) is 8.36. The normalized spacial score (nSPS) is 11.4. The van der Waals surface area contributed by atoms with Gasteiger partial charge in [0.25, 0.3) is 0 Å². The number of imidazole rings is 1. The zero-order valence-electron chi connectivity index (χ0n) is 19.8. The molecule has 0 bridgehead atoms. The van der Waals surface area contributed by atoms with Gasteiger partial charge in [-0.1, -0.05) is 74.0 Å². The molecule has 0 amide bonds. The van der Waals surface area contributed by atoms with Gasteiger partial charge in [-0.05, 0) is 46.4 Å². The van der Waals surface area contributed by atoms with Crippen LogP contribution in [0.15, 0.2) is 84.1 Å². The van der Waals surface area contributed by atoms with Crippen LogP contribution >= 0.6 is 0 Å². The standard InChI is InChI=1S/C28H30N6O/c1-2-3-9-27-31-17-24(19-35)34(27)18-20-10-12-22(13-11-20)26-16-23(21-7-5-4-6-8-21)14-15-25(26)28(29)32-33-30/h4-8,10-17,19,33H,2-3,9,18,30H2,1H3,(H2,29,32). The van der Waals surface area contributed by atoms with Gasteiger partial charge >= 0.3 is 0 Å². The summed E-state index contributed by atoms with van der Waals surface area (Å²) in [5.41, 5.74) is 15.1. The molecule has 0 radical (unpaired) electrons. The molecule has 0 fully saturated rings. The average molecular weight is 467 g/mol. The molecule has 7 heteroatoms. The molecule has 0 saturated heterocycles. The van der Waals surface area contributed by atoms with Crippen molar-refractivity contribution >= 4 is 12.1 Å². The molecule has 0 aliphatic carbocycles. The lowest BCUT2D eigenvalue weighted by Crippen LogP contribution is -2.23. The lowest BCUT2D eigenvalue weighted by Gasteiger charge is -2.14. The Balaban J connectivity index is 1.69. The fourth-order valence-corrected chi connectivity index (χ4v) is 4.16. The molecule has 1 heterocycles. The first-order chi connectivity index (χ1) is 17.1. The minimum Gasteiger partial charge on any atom is -0.382 e. The number of rotatable bonds is 10. The number of hydrazine groups is 1. The van der Waals surface area contributed by atoms with E-state index in [1.54, 1.807) is 6.20 Å². The van der Waals surface area contributed by atoms with Crippen LogP contribution in [0.2, 0.25) is 0 Å². The minimum absolute atomic E-state index is 0.306.